The highest BCUT2D eigenvalue weighted by atomic mass is 16.4. The van der Waals surface area contributed by atoms with E-state index in [1.54, 1.807) is 0 Å². The van der Waals surface area contributed by atoms with E-state index >= 15 is 0 Å². The van der Waals surface area contributed by atoms with Crippen molar-refractivity contribution >= 4 is 5.97 Å². The average molecular weight is 238 g/mol. The fourth-order valence-electron chi connectivity index (χ4n) is 2.97. The zero-order chi connectivity index (χ0) is 12.5. The lowest BCUT2D eigenvalue weighted by Crippen LogP contribution is -2.31. The van der Waals surface area contributed by atoms with Gasteiger partial charge in [-0.3, -0.25) is 9.89 Å². The van der Waals surface area contributed by atoms with Crippen molar-refractivity contribution in [3.8, 4) is 0 Å². The Morgan fingerprint density at radius 2 is 1.94 bits per heavy atom. The van der Waals surface area contributed by atoms with Crippen molar-refractivity contribution in [2.24, 2.45) is 0 Å². The van der Waals surface area contributed by atoms with Crippen molar-refractivity contribution in [3.05, 3.63) is 21.6 Å². The number of carboxylic acids is 1. The molecule has 94 valence electrons. The van der Waals surface area contributed by atoms with Gasteiger partial charge in [0.15, 0.2) is 0 Å². The lowest BCUT2D eigenvalue weighted by molar-refractivity contribution is 0.0691. The summed E-state index contributed by atoms with van der Waals surface area (Å²) in [5, 5.41) is 14.3. The zero-order valence-corrected chi connectivity index (χ0v) is 10.0. The van der Waals surface area contributed by atoms with E-state index in [9.17, 15) is 9.59 Å². The van der Waals surface area contributed by atoms with Crippen LogP contribution in [-0.4, -0.2) is 21.3 Å². The minimum absolute atomic E-state index is 0.103. The third-order valence-electron chi connectivity index (χ3n) is 4.01. The van der Waals surface area contributed by atoms with Crippen LogP contribution in [0, 0.1) is 0 Å². The van der Waals surface area contributed by atoms with Gasteiger partial charge >= 0.3 is 5.97 Å². The zero-order valence-electron chi connectivity index (χ0n) is 10.0. The highest BCUT2D eigenvalue weighted by Crippen LogP contribution is 2.41. The lowest BCUT2D eigenvalue weighted by atomic mass is 9.69. The Kier molecular flexibility index (Phi) is 3.09. The van der Waals surface area contributed by atoms with Crippen LogP contribution in [0.2, 0.25) is 0 Å². The quantitative estimate of drug-likeness (QED) is 0.752. The van der Waals surface area contributed by atoms with Crippen molar-refractivity contribution in [2.45, 2.75) is 50.9 Å². The summed E-state index contributed by atoms with van der Waals surface area (Å²) in [6.45, 7) is 2.06. The van der Waals surface area contributed by atoms with Crippen LogP contribution in [0.15, 0.2) is 4.79 Å². The fourth-order valence-corrected chi connectivity index (χ4v) is 2.97. The first kappa shape index (κ1) is 12.0. The molecular weight excluding hydrogens is 220 g/mol. The number of nitrogens with one attached hydrogen (secondary N) is 2. The predicted molar refractivity (Wildman–Crippen MR) is 63.4 cm³/mol. The molecule has 1 aromatic rings. The average Bonchev–Trinajstić information content (AvgIpc) is 2.72. The van der Waals surface area contributed by atoms with E-state index in [1.165, 1.54) is 6.42 Å². The topological polar surface area (TPSA) is 86.0 Å². The van der Waals surface area contributed by atoms with Crippen LogP contribution in [0.25, 0.3) is 0 Å². The van der Waals surface area contributed by atoms with Crippen LogP contribution in [0.4, 0.5) is 0 Å². The first-order valence-corrected chi connectivity index (χ1v) is 6.15. The number of aromatic carboxylic acids is 1. The first-order valence-electron chi connectivity index (χ1n) is 6.15. The number of hydrogen-bond donors (Lipinski definition) is 3. The molecule has 2 rings (SSSR count). The molecule has 1 fully saturated rings. The summed E-state index contributed by atoms with van der Waals surface area (Å²) in [5.41, 5.74) is -0.192. The summed E-state index contributed by atoms with van der Waals surface area (Å²) in [6.07, 6.45) is 6.16. The summed E-state index contributed by atoms with van der Waals surface area (Å²) in [6, 6.07) is 0. The molecule has 1 aliphatic carbocycles. The Bertz CT molecular complexity index is 466. The normalized spacial score (nSPS) is 19.1. The minimum Gasteiger partial charge on any atom is -0.477 e. The molecule has 3 N–H and O–H groups in total. The smallest absolute Gasteiger partial charge is 0.343 e. The Morgan fingerprint density at radius 1 is 1.29 bits per heavy atom. The van der Waals surface area contributed by atoms with Gasteiger partial charge in [-0.15, -0.1) is 0 Å². The van der Waals surface area contributed by atoms with Gasteiger partial charge in [0, 0.05) is 5.41 Å². The van der Waals surface area contributed by atoms with E-state index in [2.05, 4.69) is 17.1 Å². The van der Waals surface area contributed by atoms with Gasteiger partial charge in [-0.1, -0.05) is 26.2 Å². The predicted octanol–water partition coefficient (Wildman–Crippen LogP) is 2.01. The van der Waals surface area contributed by atoms with E-state index in [-0.39, 0.29) is 11.0 Å². The highest BCUT2D eigenvalue weighted by Gasteiger charge is 2.37. The van der Waals surface area contributed by atoms with Gasteiger partial charge in [-0.25, -0.2) is 4.79 Å². The number of hydrogen-bond acceptors (Lipinski definition) is 2. The number of rotatable bonds is 3. The van der Waals surface area contributed by atoms with Gasteiger partial charge in [-0.2, -0.15) is 0 Å². The molecule has 1 saturated carbocycles. The summed E-state index contributed by atoms with van der Waals surface area (Å²) in [4.78, 5) is 22.7. The molecule has 5 nitrogen and oxygen atoms in total. The monoisotopic (exact) mass is 238 g/mol. The molecule has 0 spiro atoms. The lowest BCUT2D eigenvalue weighted by Gasteiger charge is -2.35. The van der Waals surface area contributed by atoms with Crippen LogP contribution in [0.1, 0.15) is 61.5 Å². The maximum Gasteiger partial charge on any atom is 0.343 e. The van der Waals surface area contributed by atoms with Crippen molar-refractivity contribution in [3.63, 3.8) is 0 Å². The van der Waals surface area contributed by atoms with E-state index in [0.29, 0.717) is 5.69 Å². The molecule has 1 aromatic heterocycles. The van der Waals surface area contributed by atoms with Crippen LogP contribution >= 0.6 is 0 Å². The Balaban J connectivity index is 2.50. The van der Waals surface area contributed by atoms with Gasteiger partial charge in [0.25, 0.3) is 5.56 Å². The van der Waals surface area contributed by atoms with Gasteiger partial charge < -0.3 is 10.2 Å². The van der Waals surface area contributed by atoms with Crippen molar-refractivity contribution in [1.29, 1.82) is 0 Å². The number of carbonyl (C=O) groups is 1. The Hall–Kier alpha value is -1.52. The highest BCUT2D eigenvalue weighted by molar-refractivity contribution is 5.88. The van der Waals surface area contributed by atoms with Crippen LogP contribution in [-0.2, 0) is 5.41 Å². The molecule has 0 amide bonds. The fraction of sp³-hybridized carbons (Fsp3) is 0.667. The first-order chi connectivity index (χ1) is 8.10. The molecule has 0 atom stereocenters. The second-order valence-corrected chi connectivity index (χ2v) is 4.83. The maximum absolute atomic E-state index is 11.5. The largest absolute Gasteiger partial charge is 0.477 e. The van der Waals surface area contributed by atoms with E-state index in [4.69, 9.17) is 5.11 Å². The number of carboxylic acid groups (broad SMARTS) is 1. The molecule has 0 saturated heterocycles. The summed E-state index contributed by atoms with van der Waals surface area (Å²) < 4.78 is 0. The summed E-state index contributed by atoms with van der Waals surface area (Å²) >= 11 is 0. The van der Waals surface area contributed by atoms with Gasteiger partial charge in [-0.05, 0) is 19.3 Å². The van der Waals surface area contributed by atoms with Crippen molar-refractivity contribution in [2.75, 3.05) is 0 Å². The molecule has 17 heavy (non-hydrogen) atoms. The van der Waals surface area contributed by atoms with Crippen LogP contribution in [0.5, 0.6) is 0 Å². The van der Waals surface area contributed by atoms with E-state index in [0.717, 1.165) is 32.1 Å². The molecule has 1 heterocycles. The van der Waals surface area contributed by atoms with Crippen LogP contribution in [0.3, 0.4) is 0 Å². The molecule has 0 bridgehead atoms. The number of aromatic nitrogens is 2. The Morgan fingerprint density at radius 3 is 2.47 bits per heavy atom. The number of aromatic amines is 2. The number of H-pyrrole nitrogens is 2. The van der Waals surface area contributed by atoms with Gasteiger partial charge in [0.05, 0.1) is 5.69 Å². The van der Waals surface area contributed by atoms with E-state index in [1.807, 2.05) is 0 Å². The molecule has 5 heteroatoms. The molecule has 0 aromatic carbocycles. The second-order valence-electron chi connectivity index (χ2n) is 4.83. The molecule has 0 radical (unpaired) electrons. The Labute approximate surface area is 99.2 Å². The van der Waals surface area contributed by atoms with E-state index < -0.39 is 11.5 Å². The molecule has 1 aliphatic rings. The minimum atomic E-state index is -1.14. The molecule has 0 unspecified atom stereocenters. The molecular formula is C12H18N2O3. The standard InChI is InChI=1S/C12H18N2O3/c1-2-12(6-4-3-5-7-12)9-8(11(16)17)10(15)14-13-9/h2-7H2,1H3,(H,16,17)(H2,13,14,15). The third kappa shape index (κ3) is 1.90. The van der Waals surface area contributed by atoms with Crippen molar-refractivity contribution in [1.82, 2.24) is 10.2 Å². The molecule has 0 aliphatic heterocycles. The summed E-state index contributed by atoms with van der Waals surface area (Å²) in [7, 11) is 0. The van der Waals surface area contributed by atoms with Crippen LogP contribution < -0.4 is 5.56 Å². The van der Waals surface area contributed by atoms with Gasteiger partial charge in [0.1, 0.15) is 5.56 Å². The second kappa shape index (κ2) is 4.39. The maximum atomic E-state index is 11.5. The SMILES string of the molecule is CCC1(c2[nH][nH]c(=O)c2C(=O)O)CCCCC1. The van der Waals surface area contributed by atoms with Crippen molar-refractivity contribution < 1.29 is 9.90 Å². The summed E-state index contributed by atoms with van der Waals surface area (Å²) in [5.74, 6) is -1.14. The third-order valence-corrected chi connectivity index (χ3v) is 4.01. The van der Waals surface area contributed by atoms with Gasteiger partial charge in [0.2, 0.25) is 0 Å².